The molecule has 1 aromatic carbocycles. The third-order valence-corrected chi connectivity index (χ3v) is 5.20. The molecule has 0 aliphatic heterocycles. The summed E-state index contributed by atoms with van der Waals surface area (Å²) in [6.45, 7) is 7.31. The van der Waals surface area contributed by atoms with Crippen molar-refractivity contribution in [2.75, 3.05) is 0 Å². The van der Waals surface area contributed by atoms with Gasteiger partial charge in [-0.05, 0) is 53.6 Å². The van der Waals surface area contributed by atoms with Gasteiger partial charge in [0, 0.05) is 0 Å². The zero-order valence-corrected chi connectivity index (χ0v) is 12.1. The Hall–Kier alpha value is -0.780. The van der Waals surface area contributed by atoms with Crippen LogP contribution in [-0.4, -0.2) is 0 Å². The molecule has 0 bridgehead atoms. The van der Waals surface area contributed by atoms with E-state index in [1.807, 2.05) is 0 Å². The highest BCUT2D eigenvalue weighted by atomic mass is 14.5. The molecule has 3 atom stereocenters. The number of hydrogen-bond donors (Lipinski definition) is 0. The molecule has 3 unspecified atom stereocenters. The fraction of sp³-hybridized carbons (Fsp3) is 0.667. The first-order chi connectivity index (χ1) is 8.57. The lowest BCUT2D eigenvalue weighted by atomic mass is 9.57. The van der Waals surface area contributed by atoms with Crippen LogP contribution >= 0.6 is 0 Å². The van der Waals surface area contributed by atoms with Crippen LogP contribution in [0.4, 0.5) is 0 Å². The Morgan fingerprint density at radius 2 is 1.72 bits per heavy atom. The van der Waals surface area contributed by atoms with Crippen LogP contribution < -0.4 is 0 Å². The molecule has 2 aliphatic rings. The second kappa shape index (κ2) is 4.40. The van der Waals surface area contributed by atoms with Crippen LogP contribution in [-0.2, 0) is 6.42 Å². The Morgan fingerprint density at radius 3 is 2.50 bits per heavy atom. The first-order valence-corrected chi connectivity index (χ1v) is 7.65. The van der Waals surface area contributed by atoms with E-state index in [0.717, 1.165) is 17.8 Å². The molecule has 2 aliphatic carbocycles. The lowest BCUT2D eigenvalue weighted by Crippen LogP contribution is -2.38. The summed E-state index contributed by atoms with van der Waals surface area (Å²) >= 11 is 0. The predicted octanol–water partition coefficient (Wildman–Crippen LogP) is 5.18. The Labute approximate surface area is 112 Å². The number of hydrogen-bond acceptors (Lipinski definition) is 0. The van der Waals surface area contributed by atoms with Crippen LogP contribution in [0, 0.1) is 17.3 Å². The van der Waals surface area contributed by atoms with Gasteiger partial charge in [0.25, 0.3) is 0 Å². The van der Waals surface area contributed by atoms with Crippen LogP contribution in [0.25, 0.3) is 0 Å². The van der Waals surface area contributed by atoms with Gasteiger partial charge >= 0.3 is 0 Å². The minimum Gasteiger partial charge on any atom is -0.0620 e. The third kappa shape index (κ3) is 2.00. The minimum absolute atomic E-state index is 0.400. The monoisotopic (exact) mass is 242 g/mol. The summed E-state index contributed by atoms with van der Waals surface area (Å²) in [4.78, 5) is 0. The quantitative estimate of drug-likeness (QED) is 0.588. The van der Waals surface area contributed by atoms with Gasteiger partial charge in [-0.25, -0.2) is 0 Å². The van der Waals surface area contributed by atoms with Gasteiger partial charge in [-0.2, -0.15) is 0 Å². The van der Waals surface area contributed by atoms with Gasteiger partial charge in [0.15, 0.2) is 0 Å². The molecule has 0 N–H and O–H groups in total. The standard InChI is InChI=1S/C18H26/c1-18(2,3)17-15-10-6-4-8-13(15)12-14-9-5-7-11-16(14)17/h4,6,8,10,14,16-17H,5,7,9,11-12H2,1-3H3. The highest BCUT2D eigenvalue weighted by Gasteiger charge is 2.42. The van der Waals surface area contributed by atoms with Gasteiger partial charge < -0.3 is 0 Å². The fourth-order valence-corrected chi connectivity index (χ4v) is 4.57. The van der Waals surface area contributed by atoms with Crippen molar-refractivity contribution < 1.29 is 0 Å². The Kier molecular flexibility index (Phi) is 3.00. The average molecular weight is 242 g/mol. The number of rotatable bonds is 0. The van der Waals surface area contributed by atoms with Crippen molar-refractivity contribution in [3.63, 3.8) is 0 Å². The largest absolute Gasteiger partial charge is 0.0620 e. The van der Waals surface area contributed by atoms with Gasteiger partial charge in [0.2, 0.25) is 0 Å². The Balaban J connectivity index is 2.06. The predicted molar refractivity (Wildman–Crippen MR) is 77.8 cm³/mol. The molecule has 0 amide bonds. The Bertz CT molecular complexity index is 424. The SMILES string of the molecule is CC(C)(C)C1c2ccccc2CC2CCCCC21. The maximum atomic E-state index is 2.44. The van der Waals surface area contributed by atoms with E-state index in [9.17, 15) is 0 Å². The third-order valence-electron chi connectivity index (χ3n) is 5.20. The molecule has 0 radical (unpaired) electrons. The van der Waals surface area contributed by atoms with Gasteiger partial charge in [-0.15, -0.1) is 0 Å². The van der Waals surface area contributed by atoms with Crippen molar-refractivity contribution in [3.8, 4) is 0 Å². The second-order valence-corrected chi connectivity index (χ2v) is 7.46. The van der Waals surface area contributed by atoms with E-state index in [-0.39, 0.29) is 0 Å². The van der Waals surface area contributed by atoms with Crippen molar-refractivity contribution in [1.82, 2.24) is 0 Å². The van der Waals surface area contributed by atoms with Crippen molar-refractivity contribution in [2.45, 2.75) is 58.8 Å². The molecule has 18 heavy (non-hydrogen) atoms. The van der Waals surface area contributed by atoms with E-state index in [1.165, 1.54) is 32.1 Å². The molecular formula is C18H26. The lowest BCUT2D eigenvalue weighted by Gasteiger charge is -2.48. The lowest BCUT2D eigenvalue weighted by molar-refractivity contribution is 0.116. The maximum Gasteiger partial charge on any atom is -0.00794 e. The molecule has 1 saturated carbocycles. The van der Waals surface area contributed by atoms with E-state index in [2.05, 4.69) is 45.0 Å². The summed E-state index contributed by atoms with van der Waals surface area (Å²) in [6, 6.07) is 9.23. The summed E-state index contributed by atoms with van der Waals surface area (Å²) in [5.74, 6) is 2.67. The first kappa shape index (κ1) is 12.3. The molecule has 0 aromatic heterocycles. The van der Waals surface area contributed by atoms with Crippen LogP contribution in [0.1, 0.15) is 63.5 Å². The van der Waals surface area contributed by atoms with Gasteiger partial charge in [-0.1, -0.05) is 57.9 Å². The van der Waals surface area contributed by atoms with E-state index < -0.39 is 0 Å². The van der Waals surface area contributed by atoms with Gasteiger partial charge in [0.05, 0.1) is 0 Å². The van der Waals surface area contributed by atoms with E-state index >= 15 is 0 Å². The smallest absolute Gasteiger partial charge is 0.00794 e. The summed E-state index contributed by atoms with van der Waals surface area (Å²) < 4.78 is 0. The molecule has 0 nitrogen and oxygen atoms in total. The second-order valence-electron chi connectivity index (χ2n) is 7.46. The summed E-state index contributed by atoms with van der Waals surface area (Å²) in [5.41, 5.74) is 3.70. The number of fused-ring (bicyclic) bond motifs is 2. The molecule has 1 aromatic rings. The summed E-state index contributed by atoms with van der Waals surface area (Å²) in [7, 11) is 0. The van der Waals surface area contributed by atoms with E-state index in [0.29, 0.717) is 5.41 Å². The zero-order chi connectivity index (χ0) is 12.8. The van der Waals surface area contributed by atoms with E-state index in [1.54, 1.807) is 11.1 Å². The summed E-state index contributed by atoms with van der Waals surface area (Å²) in [6.07, 6.45) is 7.18. The van der Waals surface area contributed by atoms with Crippen molar-refractivity contribution in [1.29, 1.82) is 0 Å². The average Bonchev–Trinajstić information content (AvgIpc) is 2.34. The molecule has 98 valence electrons. The molecule has 3 rings (SSSR count). The number of benzene rings is 1. The van der Waals surface area contributed by atoms with Crippen LogP contribution in [0.15, 0.2) is 24.3 Å². The highest BCUT2D eigenvalue weighted by Crippen LogP contribution is 2.53. The molecule has 0 spiro atoms. The van der Waals surface area contributed by atoms with Gasteiger partial charge in [0.1, 0.15) is 0 Å². The molecule has 0 heterocycles. The molecule has 1 fully saturated rings. The molecule has 0 heteroatoms. The van der Waals surface area contributed by atoms with Crippen molar-refractivity contribution in [3.05, 3.63) is 35.4 Å². The fourth-order valence-electron chi connectivity index (χ4n) is 4.57. The van der Waals surface area contributed by atoms with Gasteiger partial charge in [-0.3, -0.25) is 0 Å². The van der Waals surface area contributed by atoms with Crippen molar-refractivity contribution >= 4 is 0 Å². The van der Waals surface area contributed by atoms with Crippen LogP contribution in [0.3, 0.4) is 0 Å². The van der Waals surface area contributed by atoms with Crippen molar-refractivity contribution in [2.24, 2.45) is 17.3 Å². The highest BCUT2D eigenvalue weighted by molar-refractivity contribution is 5.35. The normalized spacial score (nSPS) is 31.6. The van der Waals surface area contributed by atoms with E-state index in [4.69, 9.17) is 0 Å². The first-order valence-electron chi connectivity index (χ1n) is 7.65. The topological polar surface area (TPSA) is 0 Å². The molecule has 0 saturated heterocycles. The maximum absolute atomic E-state index is 2.44. The summed E-state index contributed by atoms with van der Waals surface area (Å²) in [5, 5.41) is 0. The van der Waals surface area contributed by atoms with Crippen LogP contribution in [0.5, 0.6) is 0 Å². The zero-order valence-electron chi connectivity index (χ0n) is 12.1. The van der Waals surface area contributed by atoms with Crippen LogP contribution in [0.2, 0.25) is 0 Å². The minimum atomic E-state index is 0.400. The molecular weight excluding hydrogens is 216 g/mol. The Morgan fingerprint density at radius 1 is 1.00 bits per heavy atom.